The van der Waals surface area contributed by atoms with Gasteiger partial charge >= 0.3 is 0 Å². The molecule has 0 bridgehead atoms. The first-order valence-electron chi connectivity index (χ1n) is 12.9. The number of likely N-dealkylation sites (N-methyl/N-ethyl adjacent to an activating group) is 1. The molecule has 0 amide bonds. The zero-order valence-corrected chi connectivity index (χ0v) is 22.2. The maximum atomic E-state index is 15.1. The summed E-state index contributed by atoms with van der Waals surface area (Å²) in [7, 11) is 1.63. The van der Waals surface area contributed by atoms with E-state index >= 15 is 4.39 Å². The van der Waals surface area contributed by atoms with E-state index in [0.29, 0.717) is 41.1 Å². The third-order valence-corrected chi connectivity index (χ3v) is 7.60. The third kappa shape index (κ3) is 5.22. The first kappa shape index (κ1) is 27.1. The first-order valence-corrected chi connectivity index (χ1v) is 12.9. The van der Waals surface area contributed by atoms with Gasteiger partial charge in [-0.15, -0.1) is 0 Å². The molecule has 11 heteroatoms. The maximum Gasteiger partial charge on any atom is 0.262 e. The van der Waals surface area contributed by atoms with Gasteiger partial charge in [-0.3, -0.25) is 4.90 Å². The van der Waals surface area contributed by atoms with Crippen molar-refractivity contribution in [2.45, 2.75) is 69.6 Å². The highest BCUT2D eigenvalue weighted by Gasteiger charge is 2.48. The number of nitrogens with one attached hydrogen (secondary N) is 1. The van der Waals surface area contributed by atoms with Crippen molar-refractivity contribution >= 4 is 16.9 Å². The fourth-order valence-corrected chi connectivity index (χ4v) is 5.19. The van der Waals surface area contributed by atoms with E-state index in [-0.39, 0.29) is 36.6 Å². The lowest BCUT2D eigenvalue weighted by Crippen LogP contribution is -2.31. The number of ether oxygens (including phenoxy) is 1. The molecule has 1 saturated heterocycles. The van der Waals surface area contributed by atoms with Gasteiger partial charge in [0.15, 0.2) is 5.65 Å². The fourth-order valence-electron chi connectivity index (χ4n) is 5.19. The molecular weight excluding hydrogens is 512 g/mol. The fraction of sp³-hybridized carbons (Fsp3) is 0.500. The van der Waals surface area contributed by atoms with Gasteiger partial charge < -0.3 is 10.1 Å². The van der Waals surface area contributed by atoms with E-state index in [1.807, 2.05) is 0 Å². The number of aryl methyl sites for hydroxylation is 1. The molecule has 2 aliphatic rings. The van der Waals surface area contributed by atoms with Gasteiger partial charge in [-0.05, 0) is 46.7 Å². The summed E-state index contributed by atoms with van der Waals surface area (Å²) in [4.78, 5) is 15.1. The van der Waals surface area contributed by atoms with Gasteiger partial charge in [0.1, 0.15) is 30.2 Å². The second-order valence-electron chi connectivity index (χ2n) is 10.7. The molecule has 0 radical (unpaired) electrons. The molecule has 3 heterocycles. The normalized spacial score (nSPS) is 21.4. The van der Waals surface area contributed by atoms with E-state index in [2.05, 4.69) is 26.3 Å². The average molecular weight is 543 g/mol. The Hall–Kier alpha value is -3.52. The van der Waals surface area contributed by atoms with Crippen molar-refractivity contribution in [2.75, 3.05) is 25.5 Å². The minimum absolute atomic E-state index is 0.00603. The van der Waals surface area contributed by atoms with E-state index in [1.54, 1.807) is 44.0 Å². The Morgan fingerprint density at radius 2 is 1.92 bits per heavy atom. The van der Waals surface area contributed by atoms with E-state index in [9.17, 15) is 18.4 Å². The summed E-state index contributed by atoms with van der Waals surface area (Å²) in [6.45, 7) is 4.37. The van der Waals surface area contributed by atoms with Crippen molar-refractivity contribution in [1.29, 1.82) is 5.26 Å². The molecule has 39 heavy (non-hydrogen) atoms. The van der Waals surface area contributed by atoms with Gasteiger partial charge in [-0.1, -0.05) is 18.2 Å². The van der Waals surface area contributed by atoms with Gasteiger partial charge in [-0.25, -0.2) is 27.5 Å². The minimum Gasteiger partial charge on any atom is -0.476 e. The van der Waals surface area contributed by atoms with Crippen LogP contribution in [0.1, 0.15) is 67.8 Å². The SMILES string of the molecule is Cc1nc(N[C@H](C)c2cccc(C(C)F)c2F)c2cc(C3(C#N)CC3)c(OCC3CC(F)(F)CN3C)nc2n1. The number of alkyl halides is 3. The van der Waals surface area contributed by atoms with Gasteiger partial charge in [-0.2, -0.15) is 10.2 Å². The summed E-state index contributed by atoms with van der Waals surface area (Å²) in [5, 5.41) is 13.7. The Morgan fingerprint density at radius 3 is 2.54 bits per heavy atom. The summed E-state index contributed by atoms with van der Waals surface area (Å²) < 4.78 is 62.8. The van der Waals surface area contributed by atoms with Crippen molar-refractivity contribution < 1.29 is 22.3 Å². The van der Waals surface area contributed by atoms with Crippen molar-refractivity contribution in [3.63, 3.8) is 0 Å². The number of pyridine rings is 1. The molecule has 2 unspecified atom stereocenters. The molecular formula is C28H30F4N6O. The van der Waals surface area contributed by atoms with Crippen LogP contribution in [-0.2, 0) is 5.41 Å². The number of nitriles is 1. The van der Waals surface area contributed by atoms with Gasteiger partial charge in [0.25, 0.3) is 5.92 Å². The van der Waals surface area contributed by atoms with E-state index in [4.69, 9.17) is 4.74 Å². The predicted molar refractivity (Wildman–Crippen MR) is 138 cm³/mol. The number of benzene rings is 1. The van der Waals surface area contributed by atoms with Crippen LogP contribution in [0.2, 0.25) is 0 Å². The Bertz CT molecular complexity index is 1450. The number of rotatable bonds is 8. The smallest absolute Gasteiger partial charge is 0.262 e. The van der Waals surface area contributed by atoms with Gasteiger partial charge in [0.05, 0.1) is 29.5 Å². The van der Waals surface area contributed by atoms with Crippen LogP contribution in [0.5, 0.6) is 5.88 Å². The van der Waals surface area contributed by atoms with Crippen molar-refractivity contribution in [3.8, 4) is 11.9 Å². The molecule has 206 valence electrons. The van der Waals surface area contributed by atoms with Crippen LogP contribution in [0.15, 0.2) is 24.3 Å². The Kier molecular flexibility index (Phi) is 6.87. The minimum atomic E-state index is -2.78. The second kappa shape index (κ2) is 9.90. The molecule has 5 rings (SSSR count). The van der Waals surface area contributed by atoms with Crippen molar-refractivity contribution in [1.82, 2.24) is 19.9 Å². The lowest BCUT2D eigenvalue weighted by atomic mass is 9.97. The Morgan fingerprint density at radius 1 is 1.21 bits per heavy atom. The van der Waals surface area contributed by atoms with Crippen LogP contribution < -0.4 is 10.1 Å². The predicted octanol–water partition coefficient (Wildman–Crippen LogP) is 5.95. The topological polar surface area (TPSA) is 87.0 Å². The summed E-state index contributed by atoms with van der Waals surface area (Å²) in [6, 6.07) is 7.64. The number of halogens is 4. The van der Waals surface area contributed by atoms with E-state index in [1.165, 1.54) is 13.0 Å². The van der Waals surface area contributed by atoms with Gasteiger partial charge in [0, 0.05) is 29.2 Å². The van der Waals surface area contributed by atoms with E-state index < -0.39 is 35.4 Å². The first-order chi connectivity index (χ1) is 18.4. The van der Waals surface area contributed by atoms with Crippen LogP contribution in [0.4, 0.5) is 23.4 Å². The van der Waals surface area contributed by atoms with Crippen molar-refractivity contribution in [3.05, 3.63) is 52.6 Å². The zero-order valence-electron chi connectivity index (χ0n) is 22.2. The molecule has 1 aliphatic carbocycles. The van der Waals surface area contributed by atoms with E-state index in [0.717, 1.165) is 0 Å². The highest BCUT2D eigenvalue weighted by Crippen LogP contribution is 2.51. The Balaban J connectivity index is 1.51. The molecule has 1 saturated carbocycles. The molecule has 0 spiro atoms. The average Bonchev–Trinajstić information content (AvgIpc) is 3.61. The zero-order chi connectivity index (χ0) is 28.1. The number of fused-ring (bicyclic) bond motifs is 1. The number of hydrogen-bond acceptors (Lipinski definition) is 7. The monoisotopic (exact) mass is 542 g/mol. The summed E-state index contributed by atoms with van der Waals surface area (Å²) in [5.41, 5.74) is 0.302. The molecule has 3 aromatic rings. The third-order valence-electron chi connectivity index (χ3n) is 7.60. The molecule has 1 aliphatic heterocycles. The van der Waals surface area contributed by atoms with Gasteiger partial charge in [0.2, 0.25) is 5.88 Å². The lowest BCUT2D eigenvalue weighted by Gasteiger charge is -2.22. The second-order valence-corrected chi connectivity index (χ2v) is 10.7. The lowest BCUT2D eigenvalue weighted by molar-refractivity contribution is 0.0137. The standard InChI is InChI=1S/C28H30F4N6O/c1-15(29)19-6-5-7-20(23(19)30)16(2)34-24-21-10-22(27(13-33)8-9-27)26(37-25(21)36-17(3)35-24)39-12-18-11-28(31,32)14-38(18)4/h5-7,10,15-16,18H,8-9,11-12,14H2,1-4H3,(H,34,35,36,37)/t15?,16-,18?/m1/s1. The number of anilines is 1. The van der Waals surface area contributed by atoms with Crippen LogP contribution in [-0.4, -0.2) is 52.0 Å². The van der Waals surface area contributed by atoms with Crippen LogP contribution in [0.25, 0.3) is 11.0 Å². The molecule has 1 N–H and O–H groups in total. The highest BCUT2D eigenvalue weighted by molar-refractivity contribution is 5.88. The number of nitrogens with zero attached hydrogens (tertiary/aromatic N) is 5. The largest absolute Gasteiger partial charge is 0.476 e. The summed E-state index contributed by atoms with van der Waals surface area (Å²) >= 11 is 0. The summed E-state index contributed by atoms with van der Waals surface area (Å²) in [5.74, 6) is -2.44. The van der Waals surface area contributed by atoms with Crippen LogP contribution >= 0.6 is 0 Å². The molecule has 2 aromatic heterocycles. The number of aromatic nitrogens is 3. The highest BCUT2D eigenvalue weighted by atomic mass is 19.3. The Labute approximate surface area is 224 Å². The maximum absolute atomic E-state index is 15.1. The summed E-state index contributed by atoms with van der Waals surface area (Å²) in [6.07, 6.45) is -0.554. The number of hydrogen-bond donors (Lipinski definition) is 1. The number of likely N-dealkylation sites (tertiary alicyclic amines) is 1. The van der Waals surface area contributed by atoms with Crippen LogP contribution in [0, 0.1) is 24.1 Å². The van der Waals surface area contributed by atoms with Crippen LogP contribution in [0.3, 0.4) is 0 Å². The molecule has 7 nitrogen and oxygen atoms in total. The molecule has 3 atom stereocenters. The molecule has 1 aromatic carbocycles. The van der Waals surface area contributed by atoms with Crippen molar-refractivity contribution in [2.24, 2.45) is 0 Å². The quantitative estimate of drug-likeness (QED) is 0.352. The molecule has 2 fully saturated rings.